The van der Waals surface area contributed by atoms with Gasteiger partial charge < -0.3 is 14.8 Å². The Morgan fingerprint density at radius 2 is 2.15 bits per heavy atom. The Bertz CT molecular complexity index is 1000. The fourth-order valence-electron chi connectivity index (χ4n) is 2.28. The number of thiazole rings is 1. The van der Waals surface area contributed by atoms with Crippen LogP contribution in [0.15, 0.2) is 47.3 Å². The van der Waals surface area contributed by atoms with Crippen molar-refractivity contribution in [2.75, 3.05) is 12.4 Å². The highest BCUT2D eigenvalue weighted by Crippen LogP contribution is 2.29. The van der Waals surface area contributed by atoms with Gasteiger partial charge >= 0.3 is 0 Å². The first-order valence-corrected chi connectivity index (χ1v) is 9.11. The zero-order valence-electron chi connectivity index (χ0n) is 14.2. The van der Waals surface area contributed by atoms with Gasteiger partial charge in [0.1, 0.15) is 12.7 Å². The second-order valence-electron chi connectivity index (χ2n) is 5.39. The lowest BCUT2D eigenvalue weighted by molar-refractivity contribution is 0.102. The highest BCUT2D eigenvalue weighted by molar-refractivity contribution is 7.07. The van der Waals surface area contributed by atoms with Crippen LogP contribution in [0.25, 0.3) is 0 Å². The van der Waals surface area contributed by atoms with E-state index in [9.17, 15) is 4.79 Å². The summed E-state index contributed by atoms with van der Waals surface area (Å²) in [5.74, 6) is 0.624. The van der Waals surface area contributed by atoms with Crippen LogP contribution in [0.1, 0.15) is 21.6 Å². The van der Waals surface area contributed by atoms with E-state index in [2.05, 4.69) is 10.3 Å². The molecule has 0 spiro atoms. The molecule has 0 aliphatic rings. The highest BCUT2D eigenvalue weighted by Gasteiger charge is 2.13. The molecule has 0 aliphatic heterocycles. The lowest BCUT2D eigenvalue weighted by Gasteiger charge is -2.12. The van der Waals surface area contributed by atoms with Crippen molar-refractivity contribution in [3.63, 3.8) is 0 Å². The fourth-order valence-corrected chi connectivity index (χ4v) is 3.04. The van der Waals surface area contributed by atoms with Gasteiger partial charge in [-0.05, 0) is 36.4 Å². The molecular weight excluding hydrogens is 386 g/mol. The summed E-state index contributed by atoms with van der Waals surface area (Å²) in [6, 6.07) is 11.6. The number of hydrogen-bond donors (Lipinski definition) is 1. The Labute approximate surface area is 164 Å². The molecule has 0 fully saturated rings. The second-order valence-corrected chi connectivity index (χ2v) is 6.52. The van der Waals surface area contributed by atoms with E-state index in [-0.39, 0.29) is 10.9 Å². The normalized spacial score (nSPS) is 10.1. The Balaban J connectivity index is 1.73. The van der Waals surface area contributed by atoms with E-state index in [1.165, 1.54) is 24.5 Å². The molecule has 0 radical (unpaired) electrons. The smallest absolute Gasteiger partial charge is 0.255 e. The summed E-state index contributed by atoms with van der Waals surface area (Å²) in [5.41, 5.74) is 3.79. The summed E-state index contributed by atoms with van der Waals surface area (Å²) in [4.78, 5) is 16.6. The van der Waals surface area contributed by atoms with E-state index in [1.807, 2.05) is 11.4 Å². The zero-order chi connectivity index (χ0) is 19.2. The predicted octanol–water partition coefficient (Wildman–Crippen LogP) is 4.51. The number of anilines is 1. The maximum atomic E-state index is 12.5. The fraction of sp³-hybridized carbons (Fsp3) is 0.105. The number of rotatable bonds is 6. The number of nitriles is 1. The van der Waals surface area contributed by atoms with Gasteiger partial charge in [0.25, 0.3) is 5.91 Å². The lowest BCUT2D eigenvalue weighted by Crippen LogP contribution is -2.12. The van der Waals surface area contributed by atoms with E-state index < -0.39 is 0 Å². The molecule has 0 unspecified atom stereocenters. The summed E-state index contributed by atoms with van der Waals surface area (Å²) in [6.07, 6.45) is 0. The van der Waals surface area contributed by atoms with Gasteiger partial charge in [-0.25, -0.2) is 4.98 Å². The van der Waals surface area contributed by atoms with E-state index in [0.717, 1.165) is 5.69 Å². The van der Waals surface area contributed by atoms with E-state index in [1.54, 1.807) is 35.8 Å². The molecule has 3 aromatic rings. The predicted molar refractivity (Wildman–Crippen MR) is 104 cm³/mol. The number of ether oxygens (including phenoxy) is 2. The third-order valence-corrected chi connectivity index (χ3v) is 4.58. The standard InChI is InChI=1S/C19H14ClN3O3S/c1-25-18-6-12(3-5-17(18)26-9-15-10-27-11-22-15)19(24)23-14-4-2-13(8-21)16(20)7-14/h2-7,10-11H,9H2,1H3,(H,23,24). The number of methoxy groups -OCH3 is 1. The molecule has 1 amide bonds. The van der Waals surface area contributed by atoms with E-state index in [0.29, 0.717) is 34.9 Å². The van der Waals surface area contributed by atoms with Gasteiger partial charge in [0.2, 0.25) is 0 Å². The van der Waals surface area contributed by atoms with Crippen LogP contribution in [-0.2, 0) is 6.61 Å². The van der Waals surface area contributed by atoms with Crippen molar-refractivity contribution >= 4 is 34.5 Å². The van der Waals surface area contributed by atoms with Crippen molar-refractivity contribution in [2.45, 2.75) is 6.61 Å². The van der Waals surface area contributed by atoms with Crippen LogP contribution in [0.4, 0.5) is 5.69 Å². The summed E-state index contributed by atoms with van der Waals surface area (Å²) < 4.78 is 11.0. The van der Waals surface area contributed by atoms with Gasteiger partial charge in [0, 0.05) is 16.6 Å². The van der Waals surface area contributed by atoms with Crippen molar-refractivity contribution in [2.24, 2.45) is 0 Å². The first-order chi connectivity index (χ1) is 13.1. The minimum Gasteiger partial charge on any atom is -0.493 e. The molecule has 1 heterocycles. The van der Waals surface area contributed by atoms with Gasteiger partial charge in [0.05, 0.1) is 28.9 Å². The van der Waals surface area contributed by atoms with Crippen molar-refractivity contribution in [1.29, 1.82) is 5.26 Å². The van der Waals surface area contributed by atoms with Crippen LogP contribution >= 0.6 is 22.9 Å². The molecule has 8 heteroatoms. The second kappa shape index (κ2) is 8.54. The number of nitrogens with zero attached hydrogens (tertiary/aromatic N) is 2. The summed E-state index contributed by atoms with van der Waals surface area (Å²) in [6.45, 7) is 0.315. The Morgan fingerprint density at radius 1 is 1.30 bits per heavy atom. The molecule has 0 bridgehead atoms. The van der Waals surface area contributed by atoms with E-state index in [4.69, 9.17) is 26.3 Å². The van der Waals surface area contributed by atoms with Crippen molar-refractivity contribution in [3.8, 4) is 17.6 Å². The van der Waals surface area contributed by atoms with Crippen LogP contribution in [0.2, 0.25) is 5.02 Å². The van der Waals surface area contributed by atoms with Crippen LogP contribution < -0.4 is 14.8 Å². The Hall–Kier alpha value is -3.08. The van der Waals surface area contributed by atoms with Gasteiger partial charge in [-0.1, -0.05) is 11.6 Å². The average molecular weight is 400 g/mol. The summed E-state index contributed by atoms with van der Waals surface area (Å²) in [7, 11) is 1.51. The molecule has 27 heavy (non-hydrogen) atoms. The number of carbonyl (C=O) groups is 1. The van der Waals surface area contributed by atoms with Crippen molar-refractivity contribution in [1.82, 2.24) is 4.98 Å². The molecule has 0 aliphatic carbocycles. The number of carbonyl (C=O) groups excluding carboxylic acids is 1. The molecule has 6 nitrogen and oxygen atoms in total. The third kappa shape index (κ3) is 4.56. The van der Waals surface area contributed by atoms with Crippen molar-refractivity contribution < 1.29 is 14.3 Å². The highest BCUT2D eigenvalue weighted by atomic mass is 35.5. The van der Waals surface area contributed by atoms with Crippen LogP contribution in [0.5, 0.6) is 11.5 Å². The Kier molecular flexibility index (Phi) is 5.91. The van der Waals surface area contributed by atoms with Gasteiger partial charge in [0.15, 0.2) is 11.5 Å². The number of benzene rings is 2. The number of halogens is 1. The molecule has 0 saturated heterocycles. The van der Waals surface area contributed by atoms with Crippen LogP contribution in [0, 0.1) is 11.3 Å². The number of nitrogens with one attached hydrogen (secondary N) is 1. The van der Waals surface area contributed by atoms with Crippen molar-refractivity contribution in [3.05, 3.63) is 69.1 Å². The average Bonchev–Trinajstić information content (AvgIpc) is 3.20. The third-order valence-electron chi connectivity index (χ3n) is 3.63. The van der Waals surface area contributed by atoms with Gasteiger partial charge in [-0.3, -0.25) is 4.79 Å². The maximum Gasteiger partial charge on any atom is 0.255 e. The molecule has 136 valence electrons. The van der Waals surface area contributed by atoms with Crippen LogP contribution in [-0.4, -0.2) is 18.0 Å². The quantitative estimate of drug-likeness (QED) is 0.659. The topological polar surface area (TPSA) is 84.2 Å². The minimum atomic E-state index is -0.333. The van der Waals surface area contributed by atoms with Crippen LogP contribution in [0.3, 0.4) is 0 Å². The first kappa shape index (κ1) is 18.7. The van der Waals surface area contributed by atoms with Gasteiger partial charge in [-0.2, -0.15) is 5.26 Å². The maximum absolute atomic E-state index is 12.5. The van der Waals surface area contributed by atoms with E-state index >= 15 is 0 Å². The number of amides is 1. The SMILES string of the molecule is COc1cc(C(=O)Nc2ccc(C#N)c(Cl)c2)ccc1OCc1cscn1. The monoisotopic (exact) mass is 399 g/mol. The molecule has 1 N–H and O–H groups in total. The summed E-state index contributed by atoms with van der Waals surface area (Å²) in [5, 5.41) is 13.8. The molecular formula is C19H14ClN3O3S. The minimum absolute atomic E-state index is 0.277. The largest absolute Gasteiger partial charge is 0.493 e. The Morgan fingerprint density at radius 3 is 2.81 bits per heavy atom. The number of hydrogen-bond acceptors (Lipinski definition) is 6. The van der Waals surface area contributed by atoms with Gasteiger partial charge in [-0.15, -0.1) is 11.3 Å². The molecule has 3 rings (SSSR count). The summed E-state index contributed by atoms with van der Waals surface area (Å²) >= 11 is 7.48. The zero-order valence-corrected chi connectivity index (χ0v) is 15.8. The molecule has 2 aromatic carbocycles. The lowest BCUT2D eigenvalue weighted by atomic mass is 10.1. The number of aromatic nitrogens is 1. The first-order valence-electron chi connectivity index (χ1n) is 7.79. The molecule has 1 aromatic heterocycles. The molecule has 0 atom stereocenters. The molecule has 0 saturated carbocycles.